The van der Waals surface area contributed by atoms with Gasteiger partial charge in [0.05, 0.1) is 0 Å². The minimum Gasteiger partial charge on any atom is -0.199 e. The van der Waals surface area contributed by atoms with Gasteiger partial charge in [-0.2, -0.15) is 8.78 Å². The standard InChI is InChI=1S/C2ClF2/c3-2(5)1-4. The van der Waals surface area contributed by atoms with E-state index in [0.29, 0.717) is 6.33 Å². The first kappa shape index (κ1) is 4.89. The summed E-state index contributed by atoms with van der Waals surface area (Å²) in [7, 11) is 0. The normalized spacial score (nSPS) is 12.2. The smallest absolute Gasteiger partial charge is 0.199 e. The molecule has 0 aliphatic heterocycles. The van der Waals surface area contributed by atoms with E-state index in [4.69, 9.17) is 0 Å². The third-order valence-electron chi connectivity index (χ3n) is 0.0714. The lowest BCUT2D eigenvalue weighted by atomic mass is 11.2. The maximum absolute atomic E-state index is 10.6. The third kappa shape index (κ3) is 3.89. The van der Waals surface area contributed by atoms with Crippen molar-refractivity contribution in [2.24, 2.45) is 0 Å². The van der Waals surface area contributed by atoms with Gasteiger partial charge in [-0.25, -0.2) is 0 Å². The van der Waals surface area contributed by atoms with Gasteiger partial charge < -0.3 is 0 Å². The molecular weight excluding hydrogens is 97.5 g/mol. The van der Waals surface area contributed by atoms with Crippen molar-refractivity contribution in [2.45, 2.75) is 0 Å². The fourth-order valence-corrected chi connectivity index (χ4v) is 0. The van der Waals surface area contributed by atoms with Crippen molar-refractivity contribution in [3.63, 3.8) is 0 Å². The average Bonchev–Trinajstić information content (AvgIpc) is 1.38. The van der Waals surface area contributed by atoms with E-state index >= 15 is 0 Å². The molecule has 0 atom stereocenters. The Morgan fingerprint density at radius 1 is 1.80 bits per heavy atom. The molecule has 1 radical (unpaired) electrons. The highest BCUT2D eigenvalue weighted by Gasteiger charge is 1.77. The van der Waals surface area contributed by atoms with Gasteiger partial charge in [-0.1, -0.05) is 0 Å². The molecule has 0 fully saturated rings. The number of rotatable bonds is 0. The largest absolute Gasteiger partial charge is 0.228 e. The van der Waals surface area contributed by atoms with Crippen LogP contribution in [-0.2, 0) is 0 Å². The van der Waals surface area contributed by atoms with Gasteiger partial charge in [0.25, 0.3) is 0 Å². The first-order chi connectivity index (χ1) is 2.27. The summed E-state index contributed by atoms with van der Waals surface area (Å²) < 4.78 is 20.9. The van der Waals surface area contributed by atoms with E-state index in [9.17, 15) is 8.78 Å². The van der Waals surface area contributed by atoms with Crippen LogP contribution in [0.5, 0.6) is 0 Å². The molecule has 0 unspecified atom stereocenters. The van der Waals surface area contributed by atoms with Gasteiger partial charge in [0.15, 0.2) is 0 Å². The molecule has 5 heavy (non-hydrogen) atoms. The molecule has 0 aromatic heterocycles. The van der Waals surface area contributed by atoms with Crippen molar-refractivity contribution in [1.29, 1.82) is 0 Å². The Bertz CT molecular complexity index is 45.6. The van der Waals surface area contributed by atoms with Crippen LogP contribution in [0.25, 0.3) is 0 Å². The zero-order valence-electron chi connectivity index (χ0n) is 2.13. The average molecular weight is 97.5 g/mol. The molecule has 29 valence electrons. The van der Waals surface area contributed by atoms with E-state index in [1.807, 2.05) is 0 Å². The molecule has 0 aliphatic carbocycles. The van der Waals surface area contributed by atoms with Crippen LogP contribution in [0, 0.1) is 6.33 Å². The van der Waals surface area contributed by atoms with Gasteiger partial charge in [-0.15, -0.1) is 0 Å². The third-order valence-corrected chi connectivity index (χ3v) is 0.143. The molecule has 0 rings (SSSR count). The van der Waals surface area contributed by atoms with Gasteiger partial charge in [0.1, 0.15) is 0 Å². The summed E-state index contributed by atoms with van der Waals surface area (Å²) in [4.78, 5) is 0. The highest BCUT2D eigenvalue weighted by molar-refractivity contribution is 6.27. The Morgan fingerprint density at radius 2 is 2.00 bits per heavy atom. The molecule has 0 amide bonds. The van der Waals surface area contributed by atoms with Crippen molar-refractivity contribution in [3.8, 4) is 0 Å². The van der Waals surface area contributed by atoms with Gasteiger partial charge in [-0.05, 0) is 11.6 Å². The van der Waals surface area contributed by atoms with Gasteiger partial charge >= 0.3 is 0 Å². The number of hydrogen-bond donors (Lipinski definition) is 0. The maximum Gasteiger partial charge on any atom is 0.228 e. The molecule has 0 spiro atoms. The van der Waals surface area contributed by atoms with E-state index in [1.165, 1.54) is 0 Å². The van der Waals surface area contributed by atoms with Gasteiger partial charge in [0, 0.05) is 0 Å². The molecular formula is C2ClF2. The van der Waals surface area contributed by atoms with Crippen LogP contribution in [-0.4, -0.2) is 0 Å². The first-order valence-electron chi connectivity index (χ1n) is 0.817. The molecule has 0 nitrogen and oxygen atoms in total. The van der Waals surface area contributed by atoms with Crippen LogP contribution in [0.1, 0.15) is 0 Å². The topological polar surface area (TPSA) is 0 Å². The summed E-state index contributed by atoms with van der Waals surface area (Å²) in [5, 5.41) is -1.44. The predicted octanol–water partition coefficient (Wildman–Crippen LogP) is 1.77. The second-order valence-corrected chi connectivity index (χ2v) is 0.687. The molecule has 3 heteroatoms. The summed E-state index contributed by atoms with van der Waals surface area (Å²) in [6.45, 7) is 0. The molecule has 0 aliphatic rings. The summed E-state index contributed by atoms with van der Waals surface area (Å²) in [5.74, 6) is 0. The molecule has 0 saturated carbocycles. The Kier molecular flexibility index (Phi) is 2.10. The van der Waals surface area contributed by atoms with Crippen LogP contribution < -0.4 is 0 Å². The fourth-order valence-electron chi connectivity index (χ4n) is 0. The van der Waals surface area contributed by atoms with Crippen molar-refractivity contribution in [1.82, 2.24) is 0 Å². The zero-order chi connectivity index (χ0) is 4.28. The van der Waals surface area contributed by atoms with Crippen molar-refractivity contribution in [2.75, 3.05) is 0 Å². The van der Waals surface area contributed by atoms with Gasteiger partial charge in [-0.3, -0.25) is 0 Å². The van der Waals surface area contributed by atoms with E-state index < -0.39 is 5.29 Å². The van der Waals surface area contributed by atoms with E-state index in [0.717, 1.165) is 0 Å². The van der Waals surface area contributed by atoms with Crippen molar-refractivity contribution < 1.29 is 8.78 Å². The van der Waals surface area contributed by atoms with Crippen LogP contribution in [0.3, 0.4) is 0 Å². The second-order valence-electron chi connectivity index (χ2n) is 0.355. The maximum atomic E-state index is 10.6. The number of hydrogen-bond acceptors (Lipinski definition) is 0. The molecule has 0 aromatic carbocycles. The Labute approximate surface area is 33.0 Å². The van der Waals surface area contributed by atoms with Crippen LogP contribution in [0.4, 0.5) is 8.78 Å². The Balaban J connectivity index is 3.14. The Hall–Kier alpha value is -0.110. The predicted molar refractivity (Wildman–Crippen MR) is 14.8 cm³/mol. The van der Waals surface area contributed by atoms with Crippen LogP contribution in [0.2, 0.25) is 0 Å². The first-order valence-corrected chi connectivity index (χ1v) is 1.19. The molecule has 0 saturated heterocycles. The van der Waals surface area contributed by atoms with E-state index in [-0.39, 0.29) is 0 Å². The molecule has 0 bridgehead atoms. The van der Waals surface area contributed by atoms with E-state index in [2.05, 4.69) is 11.6 Å². The highest BCUT2D eigenvalue weighted by Crippen LogP contribution is 1.98. The number of halogens is 3. The van der Waals surface area contributed by atoms with Crippen molar-refractivity contribution >= 4 is 11.6 Å². The van der Waals surface area contributed by atoms with Gasteiger partial charge in [0.2, 0.25) is 11.6 Å². The monoisotopic (exact) mass is 97.0 g/mol. The fraction of sp³-hybridized carbons (Fsp3) is 0. The summed E-state index contributed by atoms with van der Waals surface area (Å²) in [5.41, 5.74) is 0. The van der Waals surface area contributed by atoms with Crippen LogP contribution in [0.15, 0.2) is 5.29 Å². The summed E-state index contributed by atoms with van der Waals surface area (Å²) in [6.07, 6.45) is 0.543. The van der Waals surface area contributed by atoms with E-state index in [1.54, 1.807) is 0 Å². The molecule has 0 aromatic rings. The van der Waals surface area contributed by atoms with Crippen LogP contribution >= 0.6 is 11.6 Å². The molecule has 0 heterocycles. The second kappa shape index (κ2) is 2.15. The lowest BCUT2D eigenvalue weighted by Crippen LogP contribution is -1.40. The quantitative estimate of drug-likeness (QED) is 0.432. The Morgan fingerprint density at radius 3 is 2.00 bits per heavy atom. The van der Waals surface area contributed by atoms with Crippen molar-refractivity contribution in [3.05, 3.63) is 11.6 Å². The zero-order valence-corrected chi connectivity index (χ0v) is 2.89. The highest BCUT2D eigenvalue weighted by atomic mass is 35.5. The summed E-state index contributed by atoms with van der Waals surface area (Å²) >= 11 is 4.23. The SMILES string of the molecule is F[C]=C(F)Cl. The minimum absolute atomic E-state index is 0.543. The lowest BCUT2D eigenvalue weighted by Gasteiger charge is -1.59. The minimum atomic E-state index is -1.44. The summed E-state index contributed by atoms with van der Waals surface area (Å²) in [6, 6.07) is 0. The molecule has 0 N–H and O–H groups in total. The lowest BCUT2D eigenvalue weighted by molar-refractivity contribution is 0.601.